The molecule has 1 N–H and O–H groups in total. The normalized spacial score (nSPS) is 10.6. The summed E-state index contributed by atoms with van der Waals surface area (Å²) < 4.78 is 6.46. The number of carbonyl (C=O) groups is 1. The van der Waals surface area contributed by atoms with E-state index in [4.69, 9.17) is 16.3 Å². The lowest BCUT2D eigenvalue weighted by Gasteiger charge is -2.08. The summed E-state index contributed by atoms with van der Waals surface area (Å²) in [6.07, 6.45) is 4.50. The van der Waals surface area contributed by atoms with Gasteiger partial charge in [-0.25, -0.2) is 4.98 Å². The summed E-state index contributed by atoms with van der Waals surface area (Å²) in [6.45, 7) is 0.876. The van der Waals surface area contributed by atoms with E-state index in [1.165, 1.54) is 0 Å². The number of nitrogens with zero attached hydrogens (tertiary/aromatic N) is 2. The number of aromatic nitrogens is 2. The fourth-order valence-electron chi connectivity index (χ4n) is 2.30. The zero-order valence-electron chi connectivity index (χ0n) is 14.3. The van der Waals surface area contributed by atoms with Crippen molar-refractivity contribution >= 4 is 44.8 Å². The molecule has 0 unspecified atom stereocenters. The van der Waals surface area contributed by atoms with Crippen LogP contribution in [0, 0.1) is 0 Å². The molecule has 1 amide bonds. The highest BCUT2D eigenvalue weighted by Crippen LogP contribution is 2.28. The van der Waals surface area contributed by atoms with Gasteiger partial charge in [-0.3, -0.25) is 9.78 Å². The predicted octanol–water partition coefficient (Wildman–Crippen LogP) is 5.10. The van der Waals surface area contributed by atoms with E-state index in [9.17, 15) is 4.79 Å². The van der Waals surface area contributed by atoms with Crippen LogP contribution in [0.5, 0.6) is 5.75 Å². The van der Waals surface area contributed by atoms with Crippen LogP contribution in [-0.2, 0) is 11.3 Å². The van der Waals surface area contributed by atoms with Gasteiger partial charge in [0.1, 0.15) is 10.8 Å². The van der Waals surface area contributed by atoms with Crippen LogP contribution in [0.1, 0.15) is 18.5 Å². The lowest BCUT2D eigenvalue weighted by molar-refractivity contribution is -0.121. The van der Waals surface area contributed by atoms with E-state index in [2.05, 4.69) is 31.2 Å². The third-order valence-electron chi connectivity index (χ3n) is 3.65. The van der Waals surface area contributed by atoms with E-state index in [0.29, 0.717) is 36.8 Å². The van der Waals surface area contributed by atoms with Crippen molar-refractivity contribution in [3.8, 4) is 16.3 Å². The number of benzene rings is 1. The van der Waals surface area contributed by atoms with Crippen molar-refractivity contribution in [1.82, 2.24) is 15.3 Å². The first-order valence-corrected chi connectivity index (χ1v) is 10.4. The number of hydrogen-bond acceptors (Lipinski definition) is 5. The van der Waals surface area contributed by atoms with Crippen molar-refractivity contribution in [2.24, 2.45) is 0 Å². The van der Waals surface area contributed by atoms with Crippen LogP contribution in [0.3, 0.4) is 0 Å². The van der Waals surface area contributed by atoms with E-state index in [1.807, 2.05) is 17.5 Å². The molecule has 0 fully saturated rings. The predicted molar refractivity (Wildman–Crippen MR) is 111 cm³/mol. The molecule has 2 aromatic heterocycles. The highest BCUT2D eigenvalue weighted by Gasteiger charge is 2.07. The molecule has 0 aliphatic rings. The first-order chi connectivity index (χ1) is 13.1. The molecule has 140 valence electrons. The first-order valence-electron chi connectivity index (χ1n) is 8.31. The zero-order valence-corrected chi connectivity index (χ0v) is 17.5. The highest BCUT2D eigenvalue weighted by atomic mass is 79.9. The number of halogens is 2. The fraction of sp³-hybridized carbons (Fsp3) is 0.211. The Labute approximate surface area is 174 Å². The summed E-state index contributed by atoms with van der Waals surface area (Å²) in [7, 11) is 0. The Balaban J connectivity index is 1.38. The SMILES string of the molecule is O=C(CCCOc1ccc(Cl)cc1Br)NCc1csc(-c2ccncc2)n1. The van der Waals surface area contributed by atoms with Crippen molar-refractivity contribution < 1.29 is 9.53 Å². The van der Waals surface area contributed by atoms with Gasteiger partial charge in [-0.1, -0.05) is 11.6 Å². The molecule has 2 heterocycles. The van der Waals surface area contributed by atoms with Crippen LogP contribution < -0.4 is 10.1 Å². The Bertz CT molecular complexity index is 905. The van der Waals surface area contributed by atoms with Gasteiger partial charge in [-0.15, -0.1) is 11.3 Å². The number of carbonyl (C=O) groups excluding carboxylic acids is 1. The summed E-state index contributed by atoms with van der Waals surface area (Å²) in [5, 5.41) is 6.41. The van der Waals surface area contributed by atoms with Gasteiger partial charge in [0.2, 0.25) is 5.91 Å². The summed E-state index contributed by atoms with van der Waals surface area (Å²) in [6, 6.07) is 9.18. The van der Waals surface area contributed by atoms with Gasteiger partial charge in [-0.2, -0.15) is 0 Å². The molecule has 0 aliphatic carbocycles. The molecule has 0 saturated heterocycles. The Kier molecular flexibility index (Phi) is 7.20. The van der Waals surface area contributed by atoms with Crippen LogP contribution in [0.15, 0.2) is 52.6 Å². The lowest BCUT2D eigenvalue weighted by atomic mass is 10.3. The molecule has 5 nitrogen and oxygen atoms in total. The van der Waals surface area contributed by atoms with E-state index < -0.39 is 0 Å². The van der Waals surface area contributed by atoms with Gasteiger partial charge in [0.15, 0.2) is 0 Å². The summed E-state index contributed by atoms with van der Waals surface area (Å²) >= 11 is 10.8. The molecule has 3 aromatic rings. The van der Waals surface area contributed by atoms with Crippen LogP contribution in [-0.4, -0.2) is 22.5 Å². The standard InChI is InChI=1S/C19H17BrClN3O2S/c20-16-10-14(21)3-4-17(16)26-9-1-2-18(25)23-11-15-12-27-19(24-15)13-5-7-22-8-6-13/h3-8,10,12H,1-2,9,11H2,(H,23,25). The Morgan fingerprint density at radius 3 is 2.85 bits per heavy atom. The second kappa shape index (κ2) is 9.82. The molecule has 27 heavy (non-hydrogen) atoms. The van der Waals surface area contributed by atoms with Crippen LogP contribution in [0.4, 0.5) is 0 Å². The summed E-state index contributed by atoms with van der Waals surface area (Å²) in [4.78, 5) is 20.5. The maximum atomic E-state index is 12.0. The molecule has 0 atom stereocenters. The van der Waals surface area contributed by atoms with Gasteiger partial charge in [0.25, 0.3) is 0 Å². The maximum Gasteiger partial charge on any atom is 0.220 e. The van der Waals surface area contributed by atoms with Crippen molar-refractivity contribution in [3.05, 3.63) is 63.3 Å². The van der Waals surface area contributed by atoms with Gasteiger partial charge in [0.05, 0.1) is 23.3 Å². The molecular weight excluding hydrogens is 450 g/mol. The topological polar surface area (TPSA) is 64.1 Å². The minimum absolute atomic E-state index is 0.0211. The maximum absolute atomic E-state index is 12.0. The number of pyridine rings is 1. The third-order valence-corrected chi connectivity index (χ3v) is 5.44. The van der Waals surface area contributed by atoms with Gasteiger partial charge >= 0.3 is 0 Å². The zero-order chi connectivity index (χ0) is 19.1. The van der Waals surface area contributed by atoms with Crippen LogP contribution in [0.2, 0.25) is 5.02 Å². The molecule has 0 radical (unpaired) electrons. The molecule has 0 spiro atoms. The smallest absolute Gasteiger partial charge is 0.220 e. The van der Waals surface area contributed by atoms with Gasteiger partial charge in [0, 0.05) is 34.8 Å². The number of ether oxygens (including phenoxy) is 1. The van der Waals surface area contributed by atoms with E-state index in [-0.39, 0.29) is 5.91 Å². The number of thiazole rings is 1. The summed E-state index contributed by atoms with van der Waals surface area (Å²) in [5.41, 5.74) is 1.87. The minimum Gasteiger partial charge on any atom is -0.492 e. The number of hydrogen-bond donors (Lipinski definition) is 1. The largest absolute Gasteiger partial charge is 0.492 e. The third kappa shape index (κ3) is 6.02. The second-order valence-electron chi connectivity index (χ2n) is 5.68. The minimum atomic E-state index is -0.0211. The molecular formula is C19H17BrClN3O2S. The summed E-state index contributed by atoms with van der Waals surface area (Å²) in [5.74, 6) is 0.693. The number of nitrogens with one attached hydrogen (secondary N) is 1. The number of amides is 1. The highest BCUT2D eigenvalue weighted by molar-refractivity contribution is 9.10. The molecule has 1 aromatic carbocycles. The van der Waals surface area contributed by atoms with E-state index in [1.54, 1.807) is 41.9 Å². The average molecular weight is 467 g/mol. The van der Waals surface area contributed by atoms with Gasteiger partial charge < -0.3 is 10.1 Å². The Hall–Kier alpha value is -1.96. The average Bonchev–Trinajstić information content (AvgIpc) is 3.15. The molecule has 8 heteroatoms. The fourth-order valence-corrected chi connectivity index (χ4v) is 3.92. The Morgan fingerprint density at radius 2 is 2.07 bits per heavy atom. The molecule has 0 saturated carbocycles. The quantitative estimate of drug-likeness (QED) is 0.469. The van der Waals surface area contributed by atoms with Crippen molar-refractivity contribution in [2.75, 3.05) is 6.61 Å². The van der Waals surface area contributed by atoms with Crippen molar-refractivity contribution in [2.45, 2.75) is 19.4 Å². The molecule has 0 aliphatic heterocycles. The number of rotatable bonds is 8. The van der Waals surface area contributed by atoms with Crippen LogP contribution >= 0.6 is 38.9 Å². The van der Waals surface area contributed by atoms with Crippen molar-refractivity contribution in [3.63, 3.8) is 0 Å². The lowest BCUT2D eigenvalue weighted by Crippen LogP contribution is -2.23. The van der Waals surface area contributed by atoms with Gasteiger partial charge in [-0.05, 0) is 52.7 Å². The first kappa shape index (κ1) is 19.8. The van der Waals surface area contributed by atoms with Crippen LogP contribution in [0.25, 0.3) is 10.6 Å². The Morgan fingerprint density at radius 1 is 1.26 bits per heavy atom. The monoisotopic (exact) mass is 465 g/mol. The van der Waals surface area contributed by atoms with Crippen molar-refractivity contribution in [1.29, 1.82) is 0 Å². The second-order valence-corrected chi connectivity index (χ2v) is 7.83. The molecule has 0 bridgehead atoms. The van der Waals surface area contributed by atoms with E-state index >= 15 is 0 Å². The van der Waals surface area contributed by atoms with E-state index in [0.717, 1.165) is 20.7 Å². The molecule has 3 rings (SSSR count).